The quantitative estimate of drug-likeness (QED) is 0.576. The average Bonchev–Trinajstić information content (AvgIpc) is 3.35. The van der Waals surface area contributed by atoms with Crippen molar-refractivity contribution in [3.63, 3.8) is 0 Å². The van der Waals surface area contributed by atoms with Crippen LogP contribution in [0.5, 0.6) is 5.75 Å². The second kappa shape index (κ2) is 9.69. The summed E-state index contributed by atoms with van der Waals surface area (Å²) in [5, 5.41) is 0. The Bertz CT molecular complexity index is 1190. The van der Waals surface area contributed by atoms with Gasteiger partial charge in [0.2, 0.25) is 5.91 Å². The number of nitrogens with zero attached hydrogens (tertiary/aromatic N) is 2. The molecule has 0 bridgehead atoms. The fourth-order valence-corrected chi connectivity index (χ4v) is 4.27. The number of carbonyl (C=O) groups is 2. The Labute approximate surface area is 196 Å². The minimum Gasteiger partial charge on any atom is -0.476 e. The highest BCUT2D eigenvalue weighted by Crippen LogP contribution is 2.34. The number of furan rings is 1. The molecule has 0 radical (unpaired) electrons. The minimum atomic E-state index is -0.770. The predicted octanol–water partition coefficient (Wildman–Crippen LogP) is 3.67. The highest BCUT2D eigenvalue weighted by Gasteiger charge is 2.36. The zero-order chi connectivity index (χ0) is 23.5. The van der Waals surface area contributed by atoms with E-state index in [0.717, 1.165) is 0 Å². The van der Waals surface area contributed by atoms with Crippen LogP contribution in [0.2, 0.25) is 0 Å². The molecule has 34 heavy (non-hydrogen) atoms. The van der Waals surface area contributed by atoms with E-state index in [-0.39, 0.29) is 30.6 Å². The SMILES string of the molecule is O=C(C1CN(C(=O)CCc2ccc(-c3ccccc3F)o2)c2ccccc2O1)N1CCOCC1. The van der Waals surface area contributed by atoms with Crippen molar-refractivity contribution in [2.24, 2.45) is 0 Å². The summed E-state index contributed by atoms with van der Waals surface area (Å²) in [4.78, 5) is 29.6. The summed E-state index contributed by atoms with van der Waals surface area (Å²) in [5.41, 5.74) is 1.02. The molecule has 176 valence electrons. The van der Waals surface area contributed by atoms with Crippen LogP contribution in [0.1, 0.15) is 12.2 Å². The molecule has 0 saturated carbocycles. The molecule has 2 aromatic carbocycles. The van der Waals surface area contributed by atoms with Crippen molar-refractivity contribution in [1.82, 2.24) is 4.90 Å². The molecule has 0 N–H and O–H groups in total. The highest BCUT2D eigenvalue weighted by molar-refractivity contribution is 5.97. The van der Waals surface area contributed by atoms with E-state index < -0.39 is 6.10 Å². The van der Waals surface area contributed by atoms with Gasteiger partial charge in [0.1, 0.15) is 23.1 Å². The molecular weight excluding hydrogens is 439 g/mol. The van der Waals surface area contributed by atoms with Crippen molar-refractivity contribution in [2.75, 3.05) is 37.7 Å². The third-order valence-corrected chi connectivity index (χ3v) is 6.06. The van der Waals surface area contributed by atoms with Gasteiger partial charge in [-0.2, -0.15) is 0 Å². The zero-order valence-electron chi connectivity index (χ0n) is 18.6. The largest absolute Gasteiger partial charge is 0.476 e. The van der Waals surface area contributed by atoms with Gasteiger partial charge in [-0.05, 0) is 36.4 Å². The number of hydrogen-bond acceptors (Lipinski definition) is 5. The first-order chi connectivity index (χ1) is 16.6. The molecule has 3 aromatic rings. The summed E-state index contributed by atoms with van der Waals surface area (Å²) in [5.74, 6) is 0.881. The van der Waals surface area contributed by atoms with E-state index in [0.29, 0.717) is 61.2 Å². The number of morpholine rings is 1. The normalized spacial score (nSPS) is 17.7. The van der Waals surface area contributed by atoms with Gasteiger partial charge in [0.25, 0.3) is 5.91 Å². The van der Waals surface area contributed by atoms with Gasteiger partial charge in [-0.1, -0.05) is 24.3 Å². The van der Waals surface area contributed by atoms with Crippen LogP contribution in [0.15, 0.2) is 65.1 Å². The van der Waals surface area contributed by atoms with E-state index in [1.54, 1.807) is 46.2 Å². The van der Waals surface area contributed by atoms with Crippen molar-refractivity contribution < 1.29 is 27.9 Å². The molecule has 1 unspecified atom stereocenters. The number of carbonyl (C=O) groups excluding carboxylic acids is 2. The third-order valence-electron chi connectivity index (χ3n) is 6.06. The Morgan fingerprint density at radius 3 is 2.56 bits per heavy atom. The number of para-hydroxylation sites is 2. The molecule has 1 fully saturated rings. The summed E-state index contributed by atoms with van der Waals surface area (Å²) in [6, 6.07) is 17.1. The summed E-state index contributed by atoms with van der Waals surface area (Å²) < 4.78 is 31.1. The van der Waals surface area contributed by atoms with Crippen LogP contribution in [0.3, 0.4) is 0 Å². The summed E-state index contributed by atoms with van der Waals surface area (Å²) in [6.45, 7) is 2.16. The number of aryl methyl sites for hydroxylation is 1. The van der Waals surface area contributed by atoms with Crippen LogP contribution in [0.25, 0.3) is 11.3 Å². The van der Waals surface area contributed by atoms with Gasteiger partial charge < -0.3 is 23.7 Å². The Hall–Kier alpha value is -3.65. The van der Waals surface area contributed by atoms with E-state index in [2.05, 4.69) is 0 Å². The van der Waals surface area contributed by atoms with Gasteiger partial charge in [-0.15, -0.1) is 0 Å². The zero-order valence-corrected chi connectivity index (χ0v) is 18.6. The van der Waals surface area contributed by atoms with Crippen LogP contribution in [0, 0.1) is 5.82 Å². The minimum absolute atomic E-state index is 0.139. The number of amides is 2. The smallest absolute Gasteiger partial charge is 0.265 e. The van der Waals surface area contributed by atoms with Gasteiger partial charge >= 0.3 is 0 Å². The standard InChI is InChI=1S/C26H25FN2O5/c27-20-6-2-1-5-19(20)22-11-9-18(33-22)10-12-25(30)29-17-24(26(31)28-13-15-32-16-14-28)34-23-8-4-3-7-21(23)29/h1-9,11,24H,10,12-17H2. The summed E-state index contributed by atoms with van der Waals surface area (Å²) in [7, 11) is 0. The van der Waals surface area contributed by atoms with Gasteiger partial charge in [-0.3, -0.25) is 9.59 Å². The van der Waals surface area contributed by atoms with Gasteiger partial charge in [0.05, 0.1) is 31.0 Å². The molecule has 0 spiro atoms. The van der Waals surface area contributed by atoms with Crippen molar-refractivity contribution >= 4 is 17.5 Å². The van der Waals surface area contributed by atoms with E-state index >= 15 is 0 Å². The second-order valence-electron chi connectivity index (χ2n) is 8.26. The molecule has 8 heteroatoms. The van der Waals surface area contributed by atoms with Crippen LogP contribution in [-0.2, 0) is 20.7 Å². The van der Waals surface area contributed by atoms with E-state index in [1.165, 1.54) is 6.07 Å². The fourth-order valence-electron chi connectivity index (χ4n) is 4.27. The number of anilines is 1. The number of hydrogen-bond donors (Lipinski definition) is 0. The first-order valence-corrected chi connectivity index (χ1v) is 11.4. The maximum absolute atomic E-state index is 14.0. The Morgan fingerprint density at radius 2 is 1.74 bits per heavy atom. The molecule has 2 aliphatic heterocycles. The molecule has 0 aliphatic carbocycles. The maximum Gasteiger partial charge on any atom is 0.265 e. The molecule has 1 saturated heterocycles. The molecule has 7 nitrogen and oxygen atoms in total. The predicted molar refractivity (Wildman–Crippen MR) is 123 cm³/mol. The van der Waals surface area contributed by atoms with Crippen LogP contribution in [-0.4, -0.2) is 55.7 Å². The van der Waals surface area contributed by atoms with Gasteiger partial charge in [0, 0.05) is 25.9 Å². The third kappa shape index (κ3) is 4.54. The number of halogens is 1. The fraction of sp³-hybridized carbons (Fsp3) is 0.308. The molecule has 5 rings (SSSR count). The molecule has 1 atom stereocenters. The number of benzene rings is 2. The lowest BCUT2D eigenvalue weighted by Gasteiger charge is -2.37. The molecule has 1 aromatic heterocycles. The molecule has 3 heterocycles. The number of rotatable bonds is 5. The van der Waals surface area contributed by atoms with Crippen molar-refractivity contribution in [3.05, 3.63) is 72.2 Å². The highest BCUT2D eigenvalue weighted by atomic mass is 19.1. The Kier molecular flexibility index (Phi) is 6.31. The van der Waals surface area contributed by atoms with Crippen LogP contribution < -0.4 is 9.64 Å². The first-order valence-electron chi connectivity index (χ1n) is 11.4. The van der Waals surface area contributed by atoms with Gasteiger partial charge in [-0.25, -0.2) is 4.39 Å². The first kappa shape index (κ1) is 22.2. The lowest BCUT2D eigenvalue weighted by molar-refractivity contribution is -0.142. The summed E-state index contributed by atoms with van der Waals surface area (Å²) in [6.07, 6.45) is -0.237. The molecular formula is C26H25FN2O5. The Balaban J connectivity index is 1.29. The number of fused-ring (bicyclic) bond motifs is 1. The van der Waals surface area contributed by atoms with E-state index in [1.807, 2.05) is 18.2 Å². The lowest BCUT2D eigenvalue weighted by Crippen LogP contribution is -2.54. The van der Waals surface area contributed by atoms with Crippen molar-refractivity contribution in [3.8, 4) is 17.1 Å². The van der Waals surface area contributed by atoms with Crippen molar-refractivity contribution in [2.45, 2.75) is 18.9 Å². The molecule has 2 amide bonds. The summed E-state index contributed by atoms with van der Waals surface area (Å²) >= 11 is 0. The number of ether oxygens (including phenoxy) is 2. The second-order valence-corrected chi connectivity index (χ2v) is 8.26. The van der Waals surface area contributed by atoms with Crippen LogP contribution >= 0.6 is 0 Å². The monoisotopic (exact) mass is 464 g/mol. The molecule has 2 aliphatic rings. The Morgan fingerprint density at radius 1 is 0.971 bits per heavy atom. The van der Waals surface area contributed by atoms with E-state index in [9.17, 15) is 14.0 Å². The van der Waals surface area contributed by atoms with E-state index in [4.69, 9.17) is 13.9 Å². The lowest BCUT2D eigenvalue weighted by atomic mass is 10.1. The van der Waals surface area contributed by atoms with Crippen LogP contribution in [0.4, 0.5) is 10.1 Å². The average molecular weight is 464 g/mol. The maximum atomic E-state index is 14.0. The topological polar surface area (TPSA) is 72.2 Å². The van der Waals surface area contributed by atoms with Gasteiger partial charge in [0.15, 0.2) is 6.10 Å². The van der Waals surface area contributed by atoms with Crippen molar-refractivity contribution in [1.29, 1.82) is 0 Å².